The van der Waals surface area contributed by atoms with Gasteiger partial charge in [0.05, 0.1) is 24.0 Å². The van der Waals surface area contributed by atoms with Gasteiger partial charge in [0, 0.05) is 48.0 Å². The number of hydrogen-bond acceptors (Lipinski definition) is 27. The zero-order valence-electron chi connectivity index (χ0n) is 68.1. The number of nitrogens with one attached hydrogen (secondary N) is 12. The van der Waals surface area contributed by atoms with E-state index < -0.39 is 191 Å². The molecule has 11 aliphatic rings. The Balaban J connectivity index is 0.940. The summed E-state index contributed by atoms with van der Waals surface area (Å²) < 4.78 is 43.7. The third-order valence-electron chi connectivity index (χ3n) is 23.6. The number of aryl methyl sites for hydroxylation is 1. The lowest BCUT2D eigenvalue weighted by atomic mass is 9.54. The monoisotopic (exact) mass is 1720 g/mol. The van der Waals surface area contributed by atoms with Gasteiger partial charge in [-0.25, -0.2) is 4.79 Å². The van der Waals surface area contributed by atoms with Crippen molar-refractivity contribution in [1.82, 2.24) is 63.8 Å². The van der Waals surface area contributed by atoms with Crippen molar-refractivity contribution < 1.29 is 117 Å². The normalized spacial score (nSPS) is 27.3. The predicted molar refractivity (Wildman–Crippen MR) is 437 cm³/mol. The van der Waals surface area contributed by atoms with Crippen molar-refractivity contribution in [3.63, 3.8) is 0 Å². The van der Waals surface area contributed by atoms with Crippen LogP contribution in [0.4, 0.5) is 4.79 Å². The van der Waals surface area contributed by atoms with Crippen LogP contribution in [0.2, 0.25) is 5.02 Å². The van der Waals surface area contributed by atoms with Gasteiger partial charge in [-0.05, 0) is 195 Å². The molecule has 37 heteroatoms. The van der Waals surface area contributed by atoms with Crippen molar-refractivity contribution in [3.8, 4) is 68.6 Å². The highest BCUT2D eigenvalue weighted by molar-refractivity contribution is 6.32. The van der Waals surface area contributed by atoms with E-state index in [9.17, 15) is 54.9 Å². The molecule has 7 heterocycles. The Morgan fingerprint density at radius 2 is 1.25 bits per heavy atom. The molecule has 123 heavy (non-hydrogen) atoms. The number of phenols is 3. The fourth-order valence-electron chi connectivity index (χ4n) is 17.8. The topological polar surface area (TPSA) is 521 Å². The van der Waals surface area contributed by atoms with Crippen LogP contribution < -0.4 is 87.5 Å². The smallest absolute Gasteiger partial charge is 0.407 e. The molecule has 6 aromatic carbocycles. The van der Waals surface area contributed by atoms with Crippen LogP contribution in [0, 0.1) is 36.5 Å². The van der Waals surface area contributed by atoms with Crippen LogP contribution in [-0.2, 0) is 47.8 Å². The van der Waals surface area contributed by atoms with Crippen molar-refractivity contribution in [2.75, 3.05) is 53.0 Å². The molecule has 656 valence electrons. The van der Waals surface area contributed by atoms with Crippen molar-refractivity contribution >= 4 is 70.9 Å². The van der Waals surface area contributed by atoms with Gasteiger partial charge >= 0.3 is 6.09 Å². The number of phenolic OH excluding ortho intramolecular Hbond substituents is 3. The molecule has 0 aromatic heterocycles. The lowest BCUT2D eigenvalue weighted by molar-refractivity contribution is -0.275. The SMILES string of the molecule is CCNCCOc1cc(OCCNCC)cc(C(=O)NC(=O)C[C@@H]2NC(=O)[C@H](NC(=O)[C@@H](CC(C)C)NC)[C@H](O)c3ccc(c(C)c3)Oc3cc4cc(c3O[C@@H]3O[C@@H]5CNC(=O)O[C@H]5[C@H](O)[C@H]3O)Oc3ccc(cc3Cl)[C@@H](O)[C@@H]3NC(=O)[C@H](NC(=O)[C@@H]4NC2=O)c2ccc(O)c(c2)-c2c(O)cc(O)cc2[C@@H](C(=O)NC2C4CC5CC(C4)CC2C5)NC3=O)c1. The molecular weight excluding hydrogens is 1620 g/mol. The van der Waals surface area contributed by atoms with Crippen LogP contribution in [0.25, 0.3) is 11.1 Å². The second kappa shape index (κ2) is 37.6. The van der Waals surface area contributed by atoms with Gasteiger partial charge in [0.15, 0.2) is 17.6 Å². The van der Waals surface area contributed by atoms with Crippen LogP contribution in [0.1, 0.15) is 147 Å². The summed E-state index contributed by atoms with van der Waals surface area (Å²) in [5.41, 5.74) is -1.96. The first kappa shape index (κ1) is 87.7. The summed E-state index contributed by atoms with van der Waals surface area (Å²) in [6.45, 7) is 11.0. The number of amides is 10. The Bertz CT molecular complexity index is 5020. The number of fused-ring (bicyclic) bond motifs is 16. The number of aromatic hydroxyl groups is 3. The summed E-state index contributed by atoms with van der Waals surface area (Å²) in [5, 5.41) is 117. The summed E-state index contributed by atoms with van der Waals surface area (Å²) in [4.78, 5) is 152. The zero-order valence-corrected chi connectivity index (χ0v) is 68.9. The molecule has 7 aliphatic heterocycles. The number of imide groups is 1. The first-order valence-corrected chi connectivity index (χ1v) is 41.6. The number of rotatable bonds is 22. The van der Waals surface area contributed by atoms with E-state index in [1.807, 2.05) is 27.7 Å². The molecule has 14 atom stereocenters. The van der Waals surface area contributed by atoms with Gasteiger partial charge in [0.2, 0.25) is 59.3 Å². The van der Waals surface area contributed by atoms with Gasteiger partial charge in [-0.3, -0.25) is 48.5 Å². The van der Waals surface area contributed by atoms with E-state index in [1.54, 1.807) is 0 Å². The van der Waals surface area contributed by atoms with Crippen molar-refractivity contribution in [3.05, 3.63) is 141 Å². The minimum atomic E-state index is -2.36. The maximum Gasteiger partial charge on any atom is 0.407 e. The van der Waals surface area contributed by atoms with E-state index in [1.165, 1.54) is 68.6 Å². The van der Waals surface area contributed by atoms with Crippen molar-refractivity contribution in [1.29, 1.82) is 0 Å². The van der Waals surface area contributed by atoms with Gasteiger partial charge < -0.3 is 127 Å². The second-order valence-corrected chi connectivity index (χ2v) is 33.1. The first-order valence-electron chi connectivity index (χ1n) is 41.2. The molecule has 36 nitrogen and oxygen atoms in total. The van der Waals surface area contributed by atoms with Gasteiger partial charge in [0.25, 0.3) is 5.91 Å². The molecule has 4 saturated carbocycles. The number of carbonyl (C=O) groups is 10. The maximum absolute atomic E-state index is 16.6. The van der Waals surface area contributed by atoms with E-state index in [0.717, 1.165) is 74.6 Å². The first-order chi connectivity index (χ1) is 58.9. The van der Waals surface area contributed by atoms with Crippen LogP contribution in [0.5, 0.6) is 57.5 Å². The second-order valence-electron chi connectivity index (χ2n) is 32.7. The fraction of sp³-hybridized carbons (Fsp3) is 0.465. The van der Waals surface area contributed by atoms with E-state index in [0.29, 0.717) is 38.0 Å². The highest BCUT2D eigenvalue weighted by atomic mass is 35.5. The Kier molecular flexibility index (Phi) is 26.8. The number of halogens is 1. The highest BCUT2D eigenvalue weighted by Crippen LogP contribution is 2.55. The summed E-state index contributed by atoms with van der Waals surface area (Å²) in [5.74, 6) is -13.5. The van der Waals surface area contributed by atoms with Crippen LogP contribution in [0.3, 0.4) is 0 Å². The van der Waals surface area contributed by atoms with E-state index >= 15 is 28.8 Å². The molecule has 0 unspecified atom stereocenters. The molecule has 0 spiro atoms. The fourth-order valence-corrected chi connectivity index (χ4v) is 18.0. The van der Waals surface area contributed by atoms with Gasteiger partial charge in [0.1, 0.15) is 120 Å². The van der Waals surface area contributed by atoms with E-state index in [-0.39, 0.29) is 123 Å². The van der Waals surface area contributed by atoms with Gasteiger partial charge in [-0.1, -0.05) is 57.5 Å². The molecule has 10 amide bonds. The lowest BCUT2D eigenvalue weighted by Crippen LogP contribution is -2.65. The quantitative estimate of drug-likeness (QED) is 0.0432. The largest absolute Gasteiger partial charge is 0.508 e. The molecule has 17 rings (SSSR count). The van der Waals surface area contributed by atoms with E-state index in [2.05, 4.69) is 63.8 Å². The number of aliphatic hydroxyl groups is 4. The third kappa shape index (κ3) is 19.4. The van der Waals surface area contributed by atoms with Crippen molar-refractivity contribution in [2.24, 2.45) is 29.6 Å². The number of hydrogen-bond donors (Lipinski definition) is 19. The van der Waals surface area contributed by atoms with Crippen LogP contribution >= 0.6 is 11.6 Å². The summed E-state index contributed by atoms with van der Waals surface area (Å²) in [6.07, 6.45) is -10.3. The number of benzene rings is 6. The van der Waals surface area contributed by atoms with E-state index in [4.69, 9.17) is 44.8 Å². The molecule has 15 bridgehead atoms. The predicted octanol–water partition coefficient (Wildman–Crippen LogP) is 3.58. The molecule has 0 radical (unpaired) electrons. The lowest BCUT2D eigenvalue weighted by Gasteiger charge is -2.54. The molecule has 4 aliphatic carbocycles. The standard InChI is InChI=1S/C86H101ClN12O24/c1-7-89-15-17-117-49-26-47(27-50(34-49)118-18-16-90-8-2)77(108)93-63(103)35-55-79(110)95-67-46-30-60(119-58-13-10-42(20-38(58)5)71(104)69(83(114)92-55)98-78(109)54(88-6)19-37(3)4)75(122-85-74(107)73(106)76-62(121-85)36-91-86(116)123-76)61(31-46)120-59-14-11-43(29-53(59)87)72(105)70-84(115)97-68(82(113)94-65-44-22-39-21-40(24-44)25-45(65)23-39)52-32-48(100)33-57(102)64(52)51-28-41(9-12-56(51)101)66(80(111)99-70)96-81(67)112/h9-14,20,26-34,37,39-40,44-45,54-55,62,65-74,76,85,88-90,100-102,104-107H,7-8,15-19,21-25,35-36H2,1-6H3,(H,91,116)(H,92,114)(H,94,113)(H,95,110)(H,96,112)(H,97,115)(H,98,109)(H,99,111)(H,93,103,108)/t39?,40?,44?,45?,54-,55+,62-,65?,66-,67-,68+,69-,70+,71-,72-,73-,74-,76-,85+/m1/s1. The molecular formula is C86H101ClN12O24. The number of likely N-dealkylation sites (N-methyl/N-ethyl adjacent to an activating group) is 3. The summed E-state index contributed by atoms with van der Waals surface area (Å²) in [6, 6.07) is 5.05. The molecule has 6 fully saturated rings. The van der Waals surface area contributed by atoms with Gasteiger partial charge in [-0.2, -0.15) is 0 Å². The minimum absolute atomic E-state index is 0.0475. The summed E-state index contributed by atoms with van der Waals surface area (Å²) in [7, 11) is 1.50. The molecule has 2 saturated heterocycles. The maximum atomic E-state index is 16.6. The minimum Gasteiger partial charge on any atom is -0.508 e. The summed E-state index contributed by atoms with van der Waals surface area (Å²) >= 11 is 7.24. The molecule has 6 aromatic rings. The number of carbonyl (C=O) groups excluding carboxylic acids is 10. The Labute approximate surface area is 711 Å². The highest BCUT2D eigenvalue weighted by Gasteiger charge is 2.53. The van der Waals surface area contributed by atoms with Crippen LogP contribution in [-0.4, -0.2) is 209 Å². The third-order valence-corrected chi connectivity index (χ3v) is 23.9. The van der Waals surface area contributed by atoms with Crippen LogP contribution in [0.15, 0.2) is 97.1 Å². The number of aliphatic hydroxyl groups excluding tert-OH is 4. The average molecular weight is 1720 g/mol. The Hall–Kier alpha value is -11.6. The number of ether oxygens (including phenoxy) is 7. The zero-order chi connectivity index (χ0) is 87.5. The van der Waals surface area contributed by atoms with Crippen molar-refractivity contribution in [2.45, 2.75) is 171 Å². The Morgan fingerprint density at radius 3 is 1.89 bits per heavy atom. The Morgan fingerprint density at radius 1 is 0.626 bits per heavy atom. The average Bonchev–Trinajstić information content (AvgIpc) is 0.758. The van der Waals surface area contributed by atoms with Gasteiger partial charge in [-0.15, -0.1) is 0 Å². The number of alkyl carbamates (subject to hydrolysis) is 1. The molecule has 19 N–H and O–H groups in total.